The van der Waals surface area contributed by atoms with E-state index in [4.69, 9.17) is 0 Å². The monoisotopic (exact) mass is 345 g/mol. The Kier molecular flexibility index (Phi) is 6.92. The van der Waals surface area contributed by atoms with Crippen LogP contribution in [0.25, 0.3) is 0 Å². The lowest BCUT2D eigenvalue weighted by molar-refractivity contribution is 0.516. The van der Waals surface area contributed by atoms with E-state index < -0.39 is 10.0 Å². The van der Waals surface area contributed by atoms with Gasteiger partial charge in [0.15, 0.2) is 0 Å². The lowest BCUT2D eigenvalue weighted by atomic mass is 10.0. The van der Waals surface area contributed by atoms with E-state index in [0.717, 1.165) is 15.9 Å². The molecule has 0 bridgehead atoms. The molecule has 0 aliphatic heterocycles. The van der Waals surface area contributed by atoms with Gasteiger partial charge in [0, 0.05) is 22.4 Å². The molecule has 0 unspecified atom stereocenters. The van der Waals surface area contributed by atoms with Crippen molar-refractivity contribution in [2.24, 2.45) is 0 Å². The number of thioether (sulfide) groups is 2. The van der Waals surface area contributed by atoms with Gasteiger partial charge in [-0.1, -0.05) is 19.3 Å². The van der Waals surface area contributed by atoms with Crippen LogP contribution in [0, 0.1) is 0 Å². The average Bonchev–Trinajstić information content (AvgIpc) is 2.53. The van der Waals surface area contributed by atoms with E-state index >= 15 is 0 Å². The molecular weight excluding hydrogens is 322 g/mol. The standard InChI is InChI=1S/C15H23NO2S3/c1-19-13-7-9-15(10-8-13)21(17,18)16-11-12-20-14-5-3-2-4-6-14/h7-10,14,16H,2-6,11-12H2,1H3. The molecule has 1 N–H and O–H groups in total. The van der Waals surface area contributed by atoms with Crippen LogP contribution in [0.3, 0.4) is 0 Å². The van der Waals surface area contributed by atoms with E-state index in [1.165, 1.54) is 32.1 Å². The van der Waals surface area contributed by atoms with Crippen LogP contribution < -0.4 is 4.72 Å². The van der Waals surface area contributed by atoms with Gasteiger partial charge >= 0.3 is 0 Å². The molecule has 1 aliphatic rings. The summed E-state index contributed by atoms with van der Waals surface area (Å²) in [6, 6.07) is 7.02. The summed E-state index contributed by atoms with van der Waals surface area (Å²) in [4.78, 5) is 1.42. The predicted molar refractivity (Wildman–Crippen MR) is 92.7 cm³/mol. The molecule has 2 rings (SSSR count). The lowest BCUT2D eigenvalue weighted by Gasteiger charge is -2.20. The third kappa shape index (κ3) is 5.51. The molecule has 1 aromatic carbocycles. The highest BCUT2D eigenvalue weighted by atomic mass is 32.2. The topological polar surface area (TPSA) is 46.2 Å². The zero-order chi connectivity index (χ0) is 15.1. The minimum atomic E-state index is -3.36. The molecule has 1 saturated carbocycles. The van der Waals surface area contributed by atoms with Gasteiger partial charge in [0.25, 0.3) is 0 Å². The van der Waals surface area contributed by atoms with Crippen molar-refractivity contribution < 1.29 is 8.42 Å². The van der Waals surface area contributed by atoms with Gasteiger partial charge < -0.3 is 0 Å². The fraction of sp³-hybridized carbons (Fsp3) is 0.600. The number of benzene rings is 1. The molecule has 0 aromatic heterocycles. The Morgan fingerprint density at radius 2 is 1.81 bits per heavy atom. The van der Waals surface area contributed by atoms with Gasteiger partial charge in [-0.25, -0.2) is 13.1 Å². The van der Waals surface area contributed by atoms with Gasteiger partial charge in [0.05, 0.1) is 4.90 Å². The summed E-state index contributed by atoms with van der Waals surface area (Å²) in [6.07, 6.45) is 8.55. The van der Waals surface area contributed by atoms with E-state index in [0.29, 0.717) is 11.4 Å². The molecule has 1 fully saturated rings. The summed E-state index contributed by atoms with van der Waals surface area (Å²) >= 11 is 3.52. The summed E-state index contributed by atoms with van der Waals surface area (Å²) in [5, 5.41) is 0.726. The second kappa shape index (κ2) is 8.46. The molecule has 0 atom stereocenters. The lowest BCUT2D eigenvalue weighted by Crippen LogP contribution is -2.26. The van der Waals surface area contributed by atoms with Gasteiger partial charge in [0.1, 0.15) is 0 Å². The van der Waals surface area contributed by atoms with Crippen molar-refractivity contribution in [3.63, 3.8) is 0 Å². The first-order valence-corrected chi connectivity index (χ1v) is 11.1. The highest BCUT2D eigenvalue weighted by molar-refractivity contribution is 8.00. The van der Waals surface area contributed by atoms with E-state index in [1.54, 1.807) is 23.9 Å². The van der Waals surface area contributed by atoms with Crippen molar-refractivity contribution in [1.29, 1.82) is 0 Å². The van der Waals surface area contributed by atoms with Gasteiger partial charge in [-0.05, 0) is 43.4 Å². The predicted octanol–water partition coefficient (Wildman–Crippen LogP) is 3.75. The second-order valence-corrected chi connectivity index (χ2v) is 9.26. The van der Waals surface area contributed by atoms with Crippen LogP contribution in [-0.4, -0.2) is 32.2 Å². The van der Waals surface area contributed by atoms with E-state index in [2.05, 4.69) is 4.72 Å². The highest BCUT2D eigenvalue weighted by Gasteiger charge is 2.15. The number of rotatable bonds is 7. The smallest absolute Gasteiger partial charge is 0.210 e. The van der Waals surface area contributed by atoms with E-state index in [-0.39, 0.29) is 0 Å². The Morgan fingerprint density at radius 3 is 2.43 bits per heavy atom. The molecule has 0 saturated heterocycles. The molecule has 0 radical (unpaired) electrons. The molecule has 1 aliphatic carbocycles. The Morgan fingerprint density at radius 1 is 1.14 bits per heavy atom. The third-order valence-electron chi connectivity index (χ3n) is 3.67. The molecule has 0 heterocycles. The fourth-order valence-electron chi connectivity index (χ4n) is 2.47. The van der Waals surface area contributed by atoms with Crippen LogP contribution in [0.2, 0.25) is 0 Å². The first kappa shape index (κ1) is 17.2. The van der Waals surface area contributed by atoms with Crippen molar-refractivity contribution in [2.45, 2.75) is 47.1 Å². The molecule has 118 valence electrons. The van der Waals surface area contributed by atoms with Crippen LogP contribution in [0.1, 0.15) is 32.1 Å². The summed E-state index contributed by atoms with van der Waals surface area (Å²) in [5.41, 5.74) is 0. The van der Waals surface area contributed by atoms with Gasteiger partial charge in [-0.15, -0.1) is 11.8 Å². The van der Waals surface area contributed by atoms with Crippen molar-refractivity contribution >= 4 is 33.5 Å². The molecule has 3 nitrogen and oxygen atoms in total. The number of hydrogen-bond donors (Lipinski definition) is 1. The van der Waals surface area contributed by atoms with Crippen LogP contribution in [0.15, 0.2) is 34.1 Å². The Bertz CT molecular complexity index is 522. The fourth-order valence-corrected chi connectivity index (χ4v) is 5.26. The van der Waals surface area contributed by atoms with Crippen molar-refractivity contribution in [1.82, 2.24) is 4.72 Å². The normalized spacial score (nSPS) is 17.0. The molecule has 0 amide bonds. The van der Waals surface area contributed by atoms with E-state index in [9.17, 15) is 8.42 Å². The van der Waals surface area contributed by atoms with Crippen molar-refractivity contribution in [3.8, 4) is 0 Å². The van der Waals surface area contributed by atoms with Crippen molar-refractivity contribution in [3.05, 3.63) is 24.3 Å². The van der Waals surface area contributed by atoms with Crippen LogP contribution >= 0.6 is 23.5 Å². The van der Waals surface area contributed by atoms with Gasteiger partial charge in [0.2, 0.25) is 10.0 Å². The molecule has 21 heavy (non-hydrogen) atoms. The molecule has 6 heteroatoms. The Labute approximate surface area is 136 Å². The zero-order valence-electron chi connectivity index (χ0n) is 12.4. The maximum absolute atomic E-state index is 12.2. The molecular formula is C15H23NO2S3. The van der Waals surface area contributed by atoms with Gasteiger partial charge in [-0.2, -0.15) is 11.8 Å². The minimum Gasteiger partial charge on any atom is -0.210 e. The SMILES string of the molecule is CSc1ccc(S(=O)(=O)NCCSC2CCCCC2)cc1. The largest absolute Gasteiger partial charge is 0.240 e. The second-order valence-electron chi connectivity index (χ2n) is 5.20. The van der Waals surface area contributed by atoms with Crippen molar-refractivity contribution in [2.75, 3.05) is 18.6 Å². The van der Waals surface area contributed by atoms with Crippen LogP contribution in [-0.2, 0) is 10.0 Å². The minimum absolute atomic E-state index is 0.350. The Hall–Kier alpha value is -0.170. The molecule has 1 aromatic rings. The first-order valence-electron chi connectivity index (χ1n) is 7.37. The third-order valence-corrected chi connectivity index (χ3v) is 7.27. The van der Waals surface area contributed by atoms with Crippen LogP contribution in [0.4, 0.5) is 0 Å². The number of hydrogen-bond acceptors (Lipinski definition) is 4. The van der Waals surface area contributed by atoms with Gasteiger partial charge in [-0.3, -0.25) is 0 Å². The highest BCUT2D eigenvalue weighted by Crippen LogP contribution is 2.27. The zero-order valence-corrected chi connectivity index (χ0v) is 14.8. The Balaban J connectivity index is 1.77. The maximum atomic E-state index is 12.2. The maximum Gasteiger partial charge on any atom is 0.240 e. The van der Waals surface area contributed by atoms with E-state index in [1.807, 2.05) is 30.2 Å². The quantitative estimate of drug-likeness (QED) is 0.604. The summed E-state index contributed by atoms with van der Waals surface area (Å²) in [5.74, 6) is 0.854. The first-order chi connectivity index (χ1) is 10.1. The summed E-state index contributed by atoms with van der Waals surface area (Å²) < 4.78 is 27.0. The summed E-state index contributed by atoms with van der Waals surface area (Å²) in [6.45, 7) is 0.508. The number of nitrogens with one attached hydrogen (secondary N) is 1. The van der Waals surface area contributed by atoms with Crippen LogP contribution in [0.5, 0.6) is 0 Å². The molecule has 0 spiro atoms. The number of sulfonamides is 1. The average molecular weight is 346 g/mol. The summed E-state index contributed by atoms with van der Waals surface area (Å²) in [7, 11) is -3.36.